The number of rotatable bonds is 6. The van der Waals surface area contributed by atoms with Crippen molar-refractivity contribution >= 4 is 15.9 Å². The van der Waals surface area contributed by atoms with Crippen LogP contribution in [-0.2, 0) is 6.42 Å². The standard InChI is InChI=1S/C19H30BrN/c1-15(2)21-14-18(17-7-5-3-4-6-8-17)13-16-9-11-19(20)12-10-16/h9-12,15,17-18,21H,3-8,13-14H2,1-2H3. The van der Waals surface area contributed by atoms with E-state index in [9.17, 15) is 0 Å². The first-order valence-corrected chi connectivity index (χ1v) is 9.42. The van der Waals surface area contributed by atoms with Gasteiger partial charge >= 0.3 is 0 Å². The maximum atomic E-state index is 3.69. The predicted molar refractivity (Wildman–Crippen MR) is 95.7 cm³/mol. The topological polar surface area (TPSA) is 12.0 Å². The van der Waals surface area contributed by atoms with Crippen LogP contribution in [0.1, 0.15) is 57.9 Å². The summed E-state index contributed by atoms with van der Waals surface area (Å²) in [6.45, 7) is 5.67. The Bertz CT molecular complexity index is 391. The van der Waals surface area contributed by atoms with Gasteiger partial charge in [-0.25, -0.2) is 0 Å². The molecule has 1 fully saturated rings. The number of hydrogen-bond donors (Lipinski definition) is 1. The third kappa shape index (κ3) is 6.12. The van der Waals surface area contributed by atoms with Gasteiger partial charge in [-0.2, -0.15) is 0 Å². The first-order valence-electron chi connectivity index (χ1n) is 8.63. The Morgan fingerprint density at radius 3 is 2.24 bits per heavy atom. The van der Waals surface area contributed by atoms with Crippen molar-refractivity contribution in [2.45, 2.75) is 64.8 Å². The summed E-state index contributed by atoms with van der Waals surface area (Å²) >= 11 is 3.54. The normalized spacial score (nSPS) is 18.7. The minimum Gasteiger partial charge on any atom is -0.314 e. The Kier molecular flexibility index (Phi) is 7.25. The Labute approximate surface area is 139 Å². The SMILES string of the molecule is CC(C)NCC(Cc1ccc(Br)cc1)C1CCCCCC1. The molecule has 1 atom stereocenters. The van der Waals surface area contributed by atoms with Gasteiger partial charge < -0.3 is 5.32 Å². The van der Waals surface area contributed by atoms with E-state index in [1.54, 1.807) is 0 Å². The van der Waals surface area contributed by atoms with Gasteiger partial charge in [0.15, 0.2) is 0 Å². The lowest BCUT2D eigenvalue weighted by atomic mass is 9.82. The number of halogens is 1. The molecule has 0 radical (unpaired) electrons. The van der Waals surface area contributed by atoms with Crippen LogP contribution < -0.4 is 5.32 Å². The van der Waals surface area contributed by atoms with Crippen molar-refractivity contribution in [3.63, 3.8) is 0 Å². The first kappa shape index (κ1) is 17.0. The zero-order valence-electron chi connectivity index (χ0n) is 13.6. The van der Waals surface area contributed by atoms with Crippen LogP contribution in [0.4, 0.5) is 0 Å². The van der Waals surface area contributed by atoms with Crippen LogP contribution in [0.15, 0.2) is 28.7 Å². The summed E-state index contributed by atoms with van der Waals surface area (Å²) < 4.78 is 1.18. The highest BCUT2D eigenvalue weighted by Crippen LogP contribution is 2.31. The van der Waals surface area contributed by atoms with E-state index in [2.05, 4.69) is 59.4 Å². The van der Waals surface area contributed by atoms with E-state index >= 15 is 0 Å². The molecule has 0 aromatic heterocycles. The van der Waals surface area contributed by atoms with E-state index in [1.165, 1.54) is 61.5 Å². The van der Waals surface area contributed by atoms with E-state index in [1.807, 2.05) is 0 Å². The van der Waals surface area contributed by atoms with Crippen LogP contribution in [0.5, 0.6) is 0 Å². The number of nitrogens with one attached hydrogen (secondary N) is 1. The molecular formula is C19H30BrN. The van der Waals surface area contributed by atoms with Crippen LogP contribution in [-0.4, -0.2) is 12.6 Å². The van der Waals surface area contributed by atoms with E-state index in [-0.39, 0.29) is 0 Å². The molecule has 2 heteroatoms. The maximum Gasteiger partial charge on any atom is 0.0175 e. The first-order chi connectivity index (χ1) is 10.1. The van der Waals surface area contributed by atoms with Crippen LogP contribution in [0.3, 0.4) is 0 Å². The van der Waals surface area contributed by atoms with Crippen molar-refractivity contribution in [1.29, 1.82) is 0 Å². The summed E-state index contributed by atoms with van der Waals surface area (Å²) in [6, 6.07) is 9.50. The zero-order valence-corrected chi connectivity index (χ0v) is 15.2. The molecule has 1 saturated carbocycles. The lowest BCUT2D eigenvalue weighted by Gasteiger charge is -2.28. The monoisotopic (exact) mass is 351 g/mol. The van der Waals surface area contributed by atoms with Crippen LogP contribution in [0.2, 0.25) is 0 Å². The van der Waals surface area contributed by atoms with E-state index in [0.717, 1.165) is 11.8 Å². The number of hydrogen-bond acceptors (Lipinski definition) is 1. The Morgan fingerprint density at radius 2 is 1.67 bits per heavy atom. The molecule has 1 aromatic rings. The molecule has 1 unspecified atom stereocenters. The molecule has 0 heterocycles. The Balaban J connectivity index is 2.01. The fourth-order valence-electron chi connectivity index (χ4n) is 3.50. The third-order valence-electron chi connectivity index (χ3n) is 4.77. The fraction of sp³-hybridized carbons (Fsp3) is 0.684. The molecule has 1 aliphatic rings. The van der Waals surface area contributed by atoms with Gasteiger partial charge in [-0.1, -0.05) is 80.4 Å². The average molecular weight is 352 g/mol. The zero-order chi connectivity index (χ0) is 15.1. The largest absolute Gasteiger partial charge is 0.314 e. The van der Waals surface area contributed by atoms with Crippen molar-refractivity contribution in [1.82, 2.24) is 5.32 Å². The molecule has 0 spiro atoms. The van der Waals surface area contributed by atoms with E-state index < -0.39 is 0 Å². The lowest BCUT2D eigenvalue weighted by Crippen LogP contribution is -2.33. The van der Waals surface area contributed by atoms with Crippen LogP contribution >= 0.6 is 15.9 Å². The van der Waals surface area contributed by atoms with Crippen molar-refractivity contribution < 1.29 is 0 Å². The van der Waals surface area contributed by atoms with Crippen LogP contribution in [0, 0.1) is 11.8 Å². The highest BCUT2D eigenvalue weighted by molar-refractivity contribution is 9.10. The Morgan fingerprint density at radius 1 is 1.05 bits per heavy atom. The van der Waals surface area contributed by atoms with Crippen molar-refractivity contribution in [3.8, 4) is 0 Å². The average Bonchev–Trinajstić information content (AvgIpc) is 2.74. The third-order valence-corrected chi connectivity index (χ3v) is 5.29. The molecule has 0 amide bonds. The van der Waals surface area contributed by atoms with Gasteiger partial charge in [0.2, 0.25) is 0 Å². The minimum atomic E-state index is 0.586. The summed E-state index contributed by atoms with van der Waals surface area (Å²) in [5, 5.41) is 3.69. The van der Waals surface area contributed by atoms with E-state index in [0.29, 0.717) is 6.04 Å². The minimum absolute atomic E-state index is 0.586. The van der Waals surface area contributed by atoms with Gasteiger partial charge in [-0.3, -0.25) is 0 Å². The van der Waals surface area contributed by atoms with Gasteiger partial charge in [-0.05, 0) is 42.5 Å². The fourth-order valence-corrected chi connectivity index (χ4v) is 3.76. The van der Waals surface area contributed by atoms with Gasteiger partial charge in [0.1, 0.15) is 0 Å². The van der Waals surface area contributed by atoms with E-state index in [4.69, 9.17) is 0 Å². The molecule has 0 bridgehead atoms. The van der Waals surface area contributed by atoms with Gasteiger partial charge in [0.05, 0.1) is 0 Å². The molecule has 1 nitrogen and oxygen atoms in total. The smallest absolute Gasteiger partial charge is 0.0175 e. The van der Waals surface area contributed by atoms with Gasteiger partial charge in [0.25, 0.3) is 0 Å². The maximum absolute atomic E-state index is 3.69. The summed E-state index contributed by atoms with van der Waals surface area (Å²) in [5.74, 6) is 1.69. The number of benzene rings is 1. The molecule has 1 N–H and O–H groups in total. The molecule has 0 aliphatic heterocycles. The lowest BCUT2D eigenvalue weighted by molar-refractivity contribution is 0.278. The predicted octanol–water partition coefficient (Wildman–Crippen LogP) is 5.58. The molecule has 1 aliphatic carbocycles. The second-order valence-corrected chi connectivity index (χ2v) is 7.82. The van der Waals surface area contributed by atoms with Crippen LogP contribution in [0.25, 0.3) is 0 Å². The second-order valence-electron chi connectivity index (χ2n) is 6.91. The highest BCUT2D eigenvalue weighted by Gasteiger charge is 2.23. The molecular weight excluding hydrogens is 322 g/mol. The quantitative estimate of drug-likeness (QED) is 0.660. The Hall–Kier alpha value is -0.340. The van der Waals surface area contributed by atoms with Crippen molar-refractivity contribution in [2.75, 3.05) is 6.54 Å². The summed E-state index contributed by atoms with van der Waals surface area (Å²) in [4.78, 5) is 0. The summed E-state index contributed by atoms with van der Waals surface area (Å²) in [7, 11) is 0. The van der Waals surface area contributed by atoms with Gasteiger partial charge in [-0.15, -0.1) is 0 Å². The molecule has 21 heavy (non-hydrogen) atoms. The molecule has 2 rings (SSSR count). The molecule has 1 aromatic carbocycles. The van der Waals surface area contributed by atoms with Crippen molar-refractivity contribution in [2.24, 2.45) is 11.8 Å². The molecule has 0 saturated heterocycles. The second kappa shape index (κ2) is 8.95. The summed E-state index contributed by atoms with van der Waals surface area (Å²) in [6.07, 6.45) is 9.84. The highest BCUT2D eigenvalue weighted by atomic mass is 79.9. The molecule has 118 valence electrons. The summed E-state index contributed by atoms with van der Waals surface area (Å²) in [5.41, 5.74) is 1.48. The van der Waals surface area contributed by atoms with Gasteiger partial charge in [0, 0.05) is 10.5 Å². The van der Waals surface area contributed by atoms with Crippen molar-refractivity contribution in [3.05, 3.63) is 34.3 Å².